The summed E-state index contributed by atoms with van der Waals surface area (Å²) in [5, 5.41) is 6.94. The molecule has 1 aliphatic carbocycles. The van der Waals surface area contributed by atoms with Crippen LogP contribution in [0.25, 0.3) is 0 Å². The predicted molar refractivity (Wildman–Crippen MR) is 110 cm³/mol. The van der Waals surface area contributed by atoms with Gasteiger partial charge in [0.2, 0.25) is 0 Å². The van der Waals surface area contributed by atoms with E-state index in [0.717, 1.165) is 44.2 Å². The van der Waals surface area contributed by atoms with Gasteiger partial charge in [0.15, 0.2) is 5.96 Å². The van der Waals surface area contributed by atoms with Gasteiger partial charge >= 0.3 is 0 Å². The van der Waals surface area contributed by atoms with Gasteiger partial charge in [0.05, 0.1) is 19.7 Å². The van der Waals surface area contributed by atoms with Gasteiger partial charge in [0.25, 0.3) is 0 Å². The number of rotatable bonds is 9. The Morgan fingerprint density at radius 2 is 1.96 bits per heavy atom. The first-order valence-corrected chi connectivity index (χ1v) is 9.79. The van der Waals surface area contributed by atoms with Crippen molar-refractivity contribution in [2.75, 3.05) is 33.3 Å². The number of aliphatic imine (C=N–C) groups is 1. The van der Waals surface area contributed by atoms with Gasteiger partial charge < -0.3 is 15.4 Å². The smallest absolute Gasteiger partial charge is 0.191 e. The average Bonchev–Trinajstić information content (AvgIpc) is 3.18. The van der Waals surface area contributed by atoms with Gasteiger partial charge in [-0.1, -0.05) is 38.1 Å². The van der Waals surface area contributed by atoms with E-state index in [4.69, 9.17) is 9.73 Å². The molecular weight excluding hydrogens is 324 g/mol. The number of nitrogens with zero attached hydrogens (tertiary/aromatic N) is 2. The van der Waals surface area contributed by atoms with Gasteiger partial charge in [0.1, 0.15) is 5.75 Å². The molecule has 0 fully saturated rings. The van der Waals surface area contributed by atoms with Crippen molar-refractivity contribution in [3.63, 3.8) is 0 Å². The maximum Gasteiger partial charge on any atom is 0.191 e. The van der Waals surface area contributed by atoms with Crippen LogP contribution in [0.2, 0.25) is 0 Å². The number of benzene rings is 1. The highest BCUT2D eigenvalue weighted by atomic mass is 16.5. The monoisotopic (exact) mass is 358 g/mol. The number of likely N-dealkylation sites (N-methyl/N-ethyl adjacent to an activating group) is 1. The summed E-state index contributed by atoms with van der Waals surface area (Å²) in [6, 6.07) is 9.03. The van der Waals surface area contributed by atoms with Crippen LogP contribution in [0.1, 0.15) is 45.2 Å². The minimum Gasteiger partial charge on any atom is -0.497 e. The minimum atomic E-state index is 0.234. The molecule has 1 atom stereocenters. The molecular formula is C21H34N4O. The zero-order valence-electron chi connectivity index (χ0n) is 16.7. The Balaban J connectivity index is 2.17. The van der Waals surface area contributed by atoms with Crippen molar-refractivity contribution in [1.29, 1.82) is 0 Å². The number of hydrogen-bond acceptors (Lipinski definition) is 3. The Morgan fingerprint density at radius 1 is 1.23 bits per heavy atom. The van der Waals surface area contributed by atoms with Gasteiger partial charge in [-0.25, -0.2) is 0 Å². The Bertz CT molecular complexity index is 587. The molecule has 0 saturated carbocycles. The van der Waals surface area contributed by atoms with Gasteiger partial charge in [-0.3, -0.25) is 9.89 Å². The fourth-order valence-corrected chi connectivity index (χ4v) is 3.37. The molecule has 2 N–H and O–H groups in total. The lowest BCUT2D eigenvalue weighted by molar-refractivity contribution is 0.224. The third-order valence-electron chi connectivity index (χ3n) is 4.85. The first-order valence-electron chi connectivity index (χ1n) is 9.79. The molecule has 0 aliphatic heterocycles. The van der Waals surface area contributed by atoms with Gasteiger partial charge in [-0.05, 0) is 50.6 Å². The fraction of sp³-hybridized carbons (Fsp3) is 0.571. The summed E-state index contributed by atoms with van der Waals surface area (Å²) in [4.78, 5) is 7.35. The lowest BCUT2D eigenvalue weighted by Crippen LogP contribution is -2.43. The largest absolute Gasteiger partial charge is 0.497 e. The van der Waals surface area contributed by atoms with Crippen molar-refractivity contribution in [1.82, 2.24) is 15.5 Å². The SMILES string of the molecule is CCNC(=NCC(c1cccc(OC)c1)N(CC)CC)NC1CC=CC1. The van der Waals surface area contributed by atoms with Crippen LogP contribution in [0.4, 0.5) is 0 Å². The summed E-state index contributed by atoms with van der Waals surface area (Å²) in [6.07, 6.45) is 6.60. The van der Waals surface area contributed by atoms with Gasteiger partial charge in [0, 0.05) is 12.6 Å². The predicted octanol–water partition coefficient (Wildman–Crippen LogP) is 3.35. The summed E-state index contributed by atoms with van der Waals surface area (Å²) >= 11 is 0. The van der Waals surface area contributed by atoms with E-state index in [2.05, 4.69) is 66.7 Å². The molecule has 0 saturated heterocycles. The fourth-order valence-electron chi connectivity index (χ4n) is 3.37. The summed E-state index contributed by atoms with van der Waals surface area (Å²) < 4.78 is 5.42. The number of methoxy groups -OCH3 is 1. The molecule has 2 rings (SSSR count). The van der Waals surface area contributed by atoms with E-state index in [0.29, 0.717) is 12.6 Å². The summed E-state index contributed by atoms with van der Waals surface area (Å²) in [7, 11) is 1.71. The molecule has 0 radical (unpaired) electrons. The maximum absolute atomic E-state index is 5.42. The molecule has 0 amide bonds. The summed E-state index contributed by atoms with van der Waals surface area (Å²) in [6.45, 7) is 10.1. The highest BCUT2D eigenvalue weighted by Crippen LogP contribution is 2.24. The minimum absolute atomic E-state index is 0.234. The van der Waals surface area contributed by atoms with E-state index in [1.165, 1.54) is 5.56 Å². The van der Waals surface area contributed by atoms with Crippen molar-refractivity contribution in [2.24, 2.45) is 4.99 Å². The van der Waals surface area contributed by atoms with Crippen LogP contribution < -0.4 is 15.4 Å². The average molecular weight is 359 g/mol. The van der Waals surface area contributed by atoms with E-state index in [1.807, 2.05) is 6.07 Å². The lowest BCUT2D eigenvalue weighted by Gasteiger charge is -2.29. The van der Waals surface area contributed by atoms with Crippen molar-refractivity contribution in [3.05, 3.63) is 42.0 Å². The number of nitrogens with one attached hydrogen (secondary N) is 2. The molecule has 0 spiro atoms. The molecule has 0 aromatic heterocycles. The Morgan fingerprint density at radius 3 is 2.58 bits per heavy atom. The Labute approximate surface area is 158 Å². The van der Waals surface area contributed by atoms with Crippen molar-refractivity contribution in [2.45, 2.75) is 45.7 Å². The van der Waals surface area contributed by atoms with Gasteiger partial charge in [-0.2, -0.15) is 0 Å². The first kappa shape index (κ1) is 20.3. The van der Waals surface area contributed by atoms with Crippen molar-refractivity contribution in [3.8, 4) is 5.75 Å². The number of hydrogen-bond donors (Lipinski definition) is 2. The summed E-state index contributed by atoms with van der Waals surface area (Å²) in [5.74, 6) is 1.80. The van der Waals surface area contributed by atoms with E-state index in [-0.39, 0.29) is 6.04 Å². The van der Waals surface area contributed by atoms with E-state index in [9.17, 15) is 0 Å². The summed E-state index contributed by atoms with van der Waals surface area (Å²) in [5.41, 5.74) is 1.25. The van der Waals surface area contributed by atoms with Crippen LogP contribution in [0.5, 0.6) is 5.75 Å². The standard InChI is InChI=1S/C21H34N4O/c1-5-22-21(24-18-12-8-9-13-18)23-16-20(25(6-2)7-3)17-11-10-14-19(15-17)26-4/h8-11,14-15,18,20H,5-7,12-13,16H2,1-4H3,(H2,22,23,24). The topological polar surface area (TPSA) is 48.9 Å². The Hall–Kier alpha value is -2.01. The molecule has 1 unspecified atom stereocenters. The lowest BCUT2D eigenvalue weighted by atomic mass is 10.0. The molecule has 0 heterocycles. The normalized spacial score (nSPS) is 16.1. The third-order valence-corrected chi connectivity index (χ3v) is 4.85. The molecule has 1 aliphatic rings. The van der Waals surface area contributed by atoms with E-state index < -0.39 is 0 Å². The number of ether oxygens (including phenoxy) is 1. The van der Waals surface area contributed by atoms with Crippen LogP contribution >= 0.6 is 0 Å². The zero-order chi connectivity index (χ0) is 18.8. The van der Waals surface area contributed by atoms with Crippen LogP contribution in [0.3, 0.4) is 0 Å². The van der Waals surface area contributed by atoms with Crippen LogP contribution in [0.15, 0.2) is 41.4 Å². The molecule has 1 aromatic rings. The molecule has 1 aromatic carbocycles. The second-order valence-corrected chi connectivity index (χ2v) is 6.52. The molecule has 26 heavy (non-hydrogen) atoms. The van der Waals surface area contributed by atoms with E-state index in [1.54, 1.807) is 7.11 Å². The highest BCUT2D eigenvalue weighted by Gasteiger charge is 2.19. The Kier molecular flexibility index (Phi) is 8.48. The second-order valence-electron chi connectivity index (χ2n) is 6.52. The molecule has 0 bridgehead atoms. The van der Waals surface area contributed by atoms with Crippen molar-refractivity contribution >= 4 is 5.96 Å². The van der Waals surface area contributed by atoms with Crippen LogP contribution in [-0.4, -0.2) is 50.2 Å². The maximum atomic E-state index is 5.42. The van der Waals surface area contributed by atoms with Crippen LogP contribution in [-0.2, 0) is 0 Å². The molecule has 5 heteroatoms. The second kappa shape index (κ2) is 10.9. The number of guanidine groups is 1. The van der Waals surface area contributed by atoms with Crippen LogP contribution in [0, 0.1) is 0 Å². The third kappa shape index (κ3) is 5.77. The van der Waals surface area contributed by atoms with Gasteiger partial charge in [-0.15, -0.1) is 0 Å². The molecule has 5 nitrogen and oxygen atoms in total. The highest BCUT2D eigenvalue weighted by molar-refractivity contribution is 5.80. The molecule has 144 valence electrons. The quantitative estimate of drug-likeness (QED) is 0.404. The zero-order valence-corrected chi connectivity index (χ0v) is 16.7. The van der Waals surface area contributed by atoms with E-state index >= 15 is 0 Å². The first-order chi connectivity index (χ1) is 12.7. The van der Waals surface area contributed by atoms with Crippen molar-refractivity contribution < 1.29 is 4.74 Å².